The standard InChI is InChI=1S/C13H18N2O4S/c1-8(7-20-3)14-13(18)15-11-5-4-9(19-2)6-10(11)12(16)17/h4-6,8H,7H2,1-3H3,(H,16,17)(H2,14,15,18). The molecule has 0 saturated carbocycles. The van der Waals surface area contributed by atoms with Gasteiger partial charge in [0.1, 0.15) is 5.75 Å². The smallest absolute Gasteiger partial charge is 0.337 e. The topological polar surface area (TPSA) is 87.7 Å². The van der Waals surface area contributed by atoms with Crippen molar-refractivity contribution < 1.29 is 19.4 Å². The Morgan fingerprint density at radius 1 is 1.45 bits per heavy atom. The number of aromatic carboxylic acids is 1. The molecule has 0 fully saturated rings. The Balaban J connectivity index is 2.81. The monoisotopic (exact) mass is 298 g/mol. The van der Waals surface area contributed by atoms with E-state index in [4.69, 9.17) is 9.84 Å². The first-order valence-corrected chi connectivity index (χ1v) is 7.35. The predicted molar refractivity (Wildman–Crippen MR) is 80.0 cm³/mol. The number of rotatable bonds is 6. The van der Waals surface area contributed by atoms with Gasteiger partial charge in [0.2, 0.25) is 0 Å². The van der Waals surface area contributed by atoms with Crippen molar-refractivity contribution in [2.24, 2.45) is 0 Å². The van der Waals surface area contributed by atoms with E-state index in [1.807, 2.05) is 13.2 Å². The van der Waals surface area contributed by atoms with Crippen LogP contribution in [0.3, 0.4) is 0 Å². The minimum Gasteiger partial charge on any atom is -0.497 e. The zero-order chi connectivity index (χ0) is 15.1. The van der Waals surface area contributed by atoms with Gasteiger partial charge in [-0.2, -0.15) is 11.8 Å². The molecule has 0 heterocycles. The van der Waals surface area contributed by atoms with E-state index in [-0.39, 0.29) is 17.3 Å². The molecular weight excluding hydrogens is 280 g/mol. The van der Waals surface area contributed by atoms with Crippen LogP contribution in [0.25, 0.3) is 0 Å². The van der Waals surface area contributed by atoms with Crippen molar-refractivity contribution in [2.75, 3.05) is 24.4 Å². The number of carboxylic acids is 1. The molecule has 7 heteroatoms. The fraction of sp³-hybridized carbons (Fsp3) is 0.385. The first-order valence-electron chi connectivity index (χ1n) is 5.95. The fourth-order valence-corrected chi connectivity index (χ4v) is 2.19. The van der Waals surface area contributed by atoms with Gasteiger partial charge in [0, 0.05) is 11.8 Å². The quantitative estimate of drug-likeness (QED) is 0.750. The number of carboxylic acid groups (broad SMARTS) is 1. The minimum atomic E-state index is -1.13. The number of anilines is 1. The van der Waals surface area contributed by atoms with Crippen LogP contribution in [0.2, 0.25) is 0 Å². The molecule has 0 aliphatic carbocycles. The number of ether oxygens (including phenoxy) is 1. The van der Waals surface area contributed by atoms with Crippen molar-refractivity contribution in [3.8, 4) is 5.75 Å². The summed E-state index contributed by atoms with van der Waals surface area (Å²) in [4.78, 5) is 22.9. The molecule has 20 heavy (non-hydrogen) atoms. The fourth-order valence-electron chi connectivity index (χ4n) is 1.61. The van der Waals surface area contributed by atoms with Gasteiger partial charge < -0.3 is 20.5 Å². The Kier molecular flexibility index (Phi) is 6.17. The number of urea groups is 1. The first-order chi connectivity index (χ1) is 9.47. The summed E-state index contributed by atoms with van der Waals surface area (Å²) in [5.74, 6) is 0.0717. The predicted octanol–water partition coefficient (Wildman–Crippen LogP) is 2.27. The van der Waals surface area contributed by atoms with Crippen molar-refractivity contribution in [2.45, 2.75) is 13.0 Å². The maximum Gasteiger partial charge on any atom is 0.337 e. The normalized spacial score (nSPS) is 11.6. The SMILES string of the molecule is COc1ccc(NC(=O)NC(C)CSC)c(C(=O)O)c1. The van der Waals surface area contributed by atoms with Crippen molar-refractivity contribution >= 4 is 29.4 Å². The van der Waals surface area contributed by atoms with Crippen molar-refractivity contribution in [1.82, 2.24) is 5.32 Å². The molecule has 0 bridgehead atoms. The molecule has 0 saturated heterocycles. The van der Waals surface area contributed by atoms with E-state index in [9.17, 15) is 9.59 Å². The van der Waals surface area contributed by atoms with E-state index in [1.165, 1.54) is 19.2 Å². The van der Waals surface area contributed by atoms with Gasteiger partial charge in [0.05, 0.1) is 18.4 Å². The average Bonchev–Trinajstić information content (AvgIpc) is 2.38. The lowest BCUT2D eigenvalue weighted by molar-refractivity contribution is 0.0697. The van der Waals surface area contributed by atoms with E-state index in [1.54, 1.807) is 17.8 Å². The summed E-state index contributed by atoms with van der Waals surface area (Å²) >= 11 is 1.62. The van der Waals surface area contributed by atoms with E-state index in [2.05, 4.69) is 10.6 Å². The zero-order valence-electron chi connectivity index (χ0n) is 11.6. The van der Waals surface area contributed by atoms with Crippen molar-refractivity contribution in [1.29, 1.82) is 0 Å². The molecule has 2 amide bonds. The highest BCUT2D eigenvalue weighted by Crippen LogP contribution is 2.22. The van der Waals surface area contributed by atoms with Gasteiger partial charge in [-0.1, -0.05) is 0 Å². The zero-order valence-corrected chi connectivity index (χ0v) is 12.4. The third kappa shape index (κ3) is 4.65. The van der Waals surface area contributed by atoms with Crippen LogP contribution in [0.15, 0.2) is 18.2 Å². The Morgan fingerprint density at radius 2 is 2.15 bits per heavy atom. The number of nitrogens with one attached hydrogen (secondary N) is 2. The minimum absolute atomic E-state index is 0.00322. The maximum absolute atomic E-state index is 11.8. The third-order valence-corrected chi connectivity index (χ3v) is 3.33. The summed E-state index contributed by atoms with van der Waals surface area (Å²) in [5.41, 5.74) is 0.212. The highest BCUT2D eigenvalue weighted by atomic mass is 32.2. The van der Waals surface area contributed by atoms with Crippen LogP contribution in [0.4, 0.5) is 10.5 Å². The Labute approximate surface area is 121 Å². The number of carbonyl (C=O) groups excluding carboxylic acids is 1. The summed E-state index contributed by atoms with van der Waals surface area (Å²) in [6, 6.07) is 4.02. The third-order valence-electron chi connectivity index (χ3n) is 2.50. The number of methoxy groups -OCH3 is 1. The molecule has 1 aromatic carbocycles. The Bertz CT molecular complexity index is 493. The molecule has 3 N–H and O–H groups in total. The number of amides is 2. The molecule has 0 radical (unpaired) electrons. The number of hydrogen-bond donors (Lipinski definition) is 3. The van der Waals surface area contributed by atoms with Gasteiger partial charge in [-0.15, -0.1) is 0 Å². The van der Waals surface area contributed by atoms with E-state index in [0.29, 0.717) is 5.75 Å². The molecule has 0 aliphatic rings. The molecule has 1 atom stereocenters. The van der Waals surface area contributed by atoms with Crippen LogP contribution >= 0.6 is 11.8 Å². The van der Waals surface area contributed by atoms with Gasteiger partial charge in [0.25, 0.3) is 0 Å². The molecule has 1 rings (SSSR count). The van der Waals surface area contributed by atoms with Crippen LogP contribution in [0.1, 0.15) is 17.3 Å². The molecule has 110 valence electrons. The summed E-state index contributed by atoms with van der Waals surface area (Å²) in [6.07, 6.45) is 1.95. The van der Waals surface area contributed by atoms with Crippen LogP contribution < -0.4 is 15.4 Å². The Morgan fingerprint density at radius 3 is 2.70 bits per heavy atom. The second-order valence-electron chi connectivity index (χ2n) is 4.17. The van der Waals surface area contributed by atoms with Crippen molar-refractivity contribution in [3.63, 3.8) is 0 Å². The van der Waals surface area contributed by atoms with Gasteiger partial charge in [-0.05, 0) is 31.4 Å². The van der Waals surface area contributed by atoms with Crippen LogP contribution in [0.5, 0.6) is 5.75 Å². The number of thioether (sulfide) groups is 1. The van der Waals surface area contributed by atoms with Crippen LogP contribution in [-0.4, -0.2) is 42.3 Å². The highest BCUT2D eigenvalue weighted by Gasteiger charge is 2.14. The van der Waals surface area contributed by atoms with E-state index < -0.39 is 12.0 Å². The number of carbonyl (C=O) groups is 2. The molecule has 1 aromatic rings. The lowest BCUT2D eigenvalue weighted by atomic mass is 10.1. The summed E-state index contributed by atoms with van der Waals surface area (Å²) in [7, 11) is 1.45. The molecule has 0 aromatic heterocycles. The largest absolute Gasteiger partial charge is 0.497 e. The Hall–Kier alpha value is -1.89. The lowest BCUT2D eigenvalue weighted by Crippen LogP contribution is -2.37. The number of benzene rings is 1. The van der Waals surface area contributed by atoms with Gasteiger partial charge in [-0.25, -0.2) is 9.59 Å². The highest BCUT2D eigenvalue weighted by molar-refractivity contribution is 7.98. The molecular formula is C13H18N2O4S. The number of hydrogen-bond acceptors (Lipinski definition) is 4. The summed E-state index contributed by atoms with van der Waals surface area (Å²) < 4.78 is 4.97. The first kappa shape index (κ1) is 16.2. The molecule has 1 unspecified atom stereocenters. The lowest BCUT2D eigenvalue weighted by Gasteiger charge is -2.15. The van der Waals surface area contributed by atoms with Crippen LogP contribution in [-0.2, 0) is 0 Å². The van der Waals surface area contributed by atoms with Gasteiger partial charge in [0.15, 0.2) is 0 Å². The van der Waals surface area contributed by atoms with Gasteiger partial charge in [-0.3, -0.25) is 0 Å². The summed E-state index contributed by atoms with van der Waals surface area (Å²) in [6.45, 7) is 1.88. The van der Waals surface area contributed by atoms with E-state index in [0.717, 1.165) is 5.75 Å². The van der Waals surface area contributed by atoms with Crippen molar-refractivity contribution in [3.05, 3.63) is 23.8 Å². The van der Waals surface area contributed by atoms with Gasteiger partial charge >= 0.3 is 12.0 Å². The maximum atomic E-state index is 11.8. The second-order valence-corrected chi connectivity index (χ2v) is 5.08. The second kappa shape index (κ2) is 7.64. The molecule has 0 aliphatic heterocycles. The van der Waals surface area contributed by atoms with Crippen LogP contribution in [0, 0.1) is 0 Å². The van der Waals surface area contributed by atoms with E-state index >= 15 is 0 Å². The average molecular weight is 298 g/mol. The summed E-state index contributed by atoms with van der Waals surface area (Å²) in [5, 5.41) is 14.4. The molecule has 0 spiro atoms. The molecule has 6 nitrogen and oxygen atoms in total.